The molecule has 0 unspecified atom stereocenters. The van der Waals surface area contributed by atoms with Gasteiger partial charge in [0, 0.05) is 24.3 Å². The lowest BCUT2D eigenvalue weighted by atomic mass is 9.83. The average molecular weight is 327 g/mol. The van der Waals surface area contributed by atoms with Crippen molar-refractivity contribution in [3.05, 3.63) is 41.0 Å². The number of rotatable bonds is 4. The van der Waals surface area contributed by atoms with Gasteiger partial charge in [0.2, 0.25) is 0 Å². The third-order valence-corrected chi connectivity index (χ3v) is 5.72. The maximum Gasteiger partial charge on any atom is 0.161 e. The summed E-state index contributed by atoms with van der Waals surface area (Å²) in [5.74, 6) is 1.52. The number of aromatic nitrogens is 5. The van der Waals surface area contributed by atoms with Crippen LogP contribution in [0.2, 0.25) is 0 Å². The van der Waals surface area contributed by atoms with Gasteiger partial charge in [0.15, 0.2) is 5.82 Å². The maximum absolute atomic E-state index is 4.46. The van der Waals surface area contributed by atoms with E-state index >= 15 is 0 Å². The highest BCUT2D eigenvalue weighted by Crippen LogP contribution is 2.38. The number of thiophene rings is 1. The molecule has 3 aromatic rings. The van der Waals surface area contributed by atoms with E-state index in [1.165, 1.54) is 37.0 Å². The molecular formula is C17H21N5S. The van der Waals surface area contributed by atoms with E-state index in [0.29, 0.717) is 12.0 Å². The largest absolute Gasteiger partial charge is 0.333 e. The molecule has 0 saturated heterocycles. The molecule has 1 atom stereocenters. The lowest BCUT2D eigenvalue weighted by Crippen LogP contribution is -2.22. The Morgan fingerprint density at radius 3 is 2.83 bits per heavy atom. The number of aryl methyl sites for hydroxylation is 1. The van der Waals surface area contributed by atoms with Crippen molar-refractivity contribution in [2.75, 3.05) is 0 Å². The molecule has 4 rings (SSSR count). The van der Waals surface area contributed by atoms with Crippen LogP contribution in [-0.2, 0) is 7.05 Å². The first-order chi connectivity index (χ1) is 11.3. The Morgan fingerprint density at radius 2 is 2.13 bits per heavy atom. The topological polar surface area (TPSA) is 48.5 Å². The van der Waals surface area contributed by atoms with Crippen LogP contribution in [0.4, 0.5) is 0 Å². The Kier molecular flexibility index (Phi) is 3.99. The molecule has 0 radical (unpaired) electrons. The van der Waals surface area contributed by atoms with Crippen LogP contribution in [-0.4, -0.2) is 24.5 Å². The van der Waals surface area contributed by atoms with Gasteiger partial charge in [0.1, 0.15) is 5.69 Å². The van der Waals surface area contributed by atoms with E-state index in [1.807, 2.05) is 29.1 Å². The molecular weight excluding hydrogens is 306 g/mol. The first-order valence-electron chi connectivity index (χ1n) is 8.26. The summed E-state index contributed by atoms with van der Waals surface area (Å²) < 4.78 is 4.04. The van der Waals surface area contributed by atoms with Gasteiger partial charge in [-0.1, -0.05) is 30.5 Å². The normalized spacial score (nSPS) is 17.4. The highest BCUT2D eigenvalue weighted by atomic mass is 32.1. The second-order valence-corrected chi connectivity index (χ2v) is 7.28. The van der Waals surface area contributed by atoms with Gasteiger partial charge in [-0.25, -0.2) is 9.67 Å². The summed E-state index contributed by atoms with van der Waals surface area (Å²) in [6.45, 7) is 0. The Morgan fingerprint density at radius 1 is 1.26 bits per heavy atom. The molecule has 3 heterocycles. The Bertz CT molecular complexity index is 752. The molecule has 1 saturated carbocycles. The SMILES string of the molecule is Cn1ccnc1-c1cn([C@H](c2cccs2)C2CCCCC2)nn1. The van der Waals surface area contributed by atoms with E-state index in [-0.39, 0.29) is 0 Å². The Labute approximate surface area is 140 Å². The third-order valence-electron chi connectivity index (χ3n) is 4.78. The van der Waals surface area contributed by atoms with Gasteiger partial charge in [0.25, 0.3) is 0 Å². The van der Waals surface area contributed by atoms with E-state index in [2.05, 4.69) is 43.7 Å². The number of imidazole rings is 1. The predicted molar refractivity (Wildman–Crippen MR) is 91.3 cm³/mol. The van der Waals surface area contributed by atoms with Crippen molar-refractivity contribution in [1.29, 1.82) is 0 Å². The van der Waals surface area contributed by atoms with Gasteiger partial charge in [0.05, 0.1) is 12.2 Å². The zero-order valence-corrected chi connectivity index (χ0v) is 14.1. The molecule has 0 spiro atoms. The highest BCUT2D eigenvalue weighted by Gasteiger charge is 2.28. The summed E-state index contributed by atoms with van der Waals surface area (Å²) in [7, 11) is 1.99. The van der Waals surface area contributed by atoms with Crippen LogP contribution in [0.5, 0.6) is 0 Å². The van der Waals surface area contributed by atoms with Crippen molar-refractivity contribution in [3.63, 3.8) is 0 Å². The highest BCUT2D eigenvalue weighted by molar-refractivity contribution is 7.10. The molecule has 6 heteroatoms. The van der Waals surface area contributed by atoms with Crippen LogP contribution in [0.15, 0.2) is 36.1 Å². The zero-order valence-electron chi connectivity index (χ0n) is 13.3. The van der Waals surface area contributed by atoms with Crippen molar-refractivity contribution >= 4 is 11.3 Å². The van der Waals surface area contributed by atoms with Crippen LogP contribution in [0.1, 0.15) is 43.0 Å². The van der Waals surface area contributed by atoms with Crippen molar-refractivity contribution in [1.82, 2.24) is 24.5 Å². The summed E-state index contributed by atoms with van der Waals surface area (Å²) in [6.07, 6.45) is 12.4. The van der Waals surface area contributed by atoms with Crippen molar-refractivity contribution in [3.8, 4) is 11.5 Å². The maximum atomic E-state index is 4.46. The fraction of sp³-hybridized carbons (Fsp3) is 0.471. The molecule has 0 bridgehead atoms. The van der Waals surface area contributed by atoms with E-state index in [1.54, 1.807) is 6.20 Å². The minimum absolute atomic E-state index is 0.303. The van der Waals surface area contributed by atoms with Crippen LogP contribution in [0.3, 0.4) is 0 Å². The molecule has 0 aliphatic heterocycles. The second-order valence-electron chi connectivity index (χ2n) is 6.30. The summed E-state index contributed by atoms with van der Waals surface area (Å²) in [6, 6.07) is 4.66. The smallest absolute Gasteiger partial charge is 0.161 e. The monoisotopic (exact) mass is 327 g/mol. The molecule has 5 nitrogen and oxygen atoms in total. The van der Waals surface area contributed by atoms with Gasteiger partial charge < -0.3 is 4.57 Å². The zero-order chi connectivity index (χ0) is 15.6. The van der Waals surface area contributed by atoms with E-state index < -0.39 is 0 Å². The van der Waals surface area contributed by atoms with Gasteiger partial charge in [-0.15, -0.1) is 16.4 Å². The standard InChI is InChI=1S/C17H21N5S/c1-21-10-9-18-17(21)14-12-22(20-19-14)16(15-8-5-11-23-15)13-6-3-2-4-7-13/h5,8-13,16H,2-4,6-7H2,1H3/t16-/m0/s1. The van der Waals surface area contributed by atoms with Crippen molar-refractivity contribution in [2.45, 2.75) is 38.1 Å². The molecule has 0 amide bonds. The molecule has 120 valence electrons. The summed E-state index contributed by atoms with van der Waals surface area (Å²) in [4.78, 5) is 5.77. The Balaban J connectivity index is 1.69. The lowest BCUT2D eigenvalue weighted by Gasteiger charge is -2.29. The lowest BCUT2D eigenvalue weighted by molar-refractivity contribution is 0.266. The molecule has 3 aromatic heterocycles. The molecule has 1 aliphatic carbocycles. The first-order valence-corrected chi connectivity index (χ1v) is 9.14. The van der Waals surface area contributed by atoms with E-state index in [4.69, 9.17) is 0 Å². The molecule has 1 fully saturated rings. The van der Waals surface area contributed by atoms with Gasteiger partial charge >= 0.3 is 0 Å². The van der Waals surface area contributed by atoms with E-state index in [0.717, 1.165) is 11.5 Å². The predicted octanol–water partition coefficient (Wildman–Crippen LogP) is 3.91. The fourth-order valence-corrected chi connectivity index (χ4v) is 4.53. The number of hydrogen-bond donors (Lipinski definition) is 0. The van der Waals surface area contributed by atoms with Crippen LogP contribution >= 0.6 is 11.3 Å². The van der Waals surface area contributed by atoms with Gasteiger partial charge in [-0.2, -0.15) is 0 Å². The van der Waals surface area contributed by atoms with Crippen molar-refractivity contribution in [2.24, 2.45) is 13.0 Å². The summed E-state index contributed by atoms with van der Waals surface area (Å²) in [5.41, 5.74) is 0.842. The van der Waals surface area contributed by atoms with Crippen LogP contribution in [0.25, 0.3) is 11.5 Å². The van der Waals surface area contributed by atoms with Crippen LogP contribution < -0.4 is 0 Å². The summed E-state index contributed by atoms with van der Waals surface area (Å²) >= 11 is 1.82. The van der Waals surface area contributed by atoms with Crippen molar-refractivity contribution < 1.29 is 0 Å². The first kappa shape index (κ1) is 14.6. The Hall–Kier alpha value is -1.95. The fourth-order valence-electron chi connectivity index (χ4n) is 3.62. The quantitative estimate of drug-likeness (QED) is 0.730. The van der Waals surface area contributed by atoms with Gasteiger partial charge in [-0.05, 0) is 30.2 Å². The van der Waals surface area contributed by atoms with Crippen LogP contribution in [0, 0.1) is 5.92 Å². The molecule has 0 aromatic carbocycles. The van der Waals surface area contributed by atoms with Gasteiger partial charge in [-0.3, -0.25) is 0 Å². The average Bonchev–Trinajstić information content (AvgIpc) is 3.31. The minimum Gasteiger partial charge on any atom is -0.333 e. The molecule has 0 N–H and O–H groups in total. The minimum atomic E-state index is 0.303. The molecule has 23 heavy (non-hydrogen) atoms. The summed E-state index contributed by atoms with van der Waals surface area (Å²) in [5, 5.41) is 11.0. The number of hydrogen-bond acceptors (Lipinski definition) is 4. The second kappa shape index (κ2) is 6.28. The molecule has 1 aliphatic rings. The van der Waals surface area contributed by atoms with E-state index in [9.17, 15) is 0 Å². The third kappa shape index (κ3) is 2.83. The number of nitrogens with zero attached hydrogens (tertiary/aromatic N) is 5.